The van der Waals surface area contributed by atoms with Gasteiger partial charge in [0.15, 0.2) is 11.5 Å². The lowest BCUT2D eigenvalue weighted by Crippen LogP contribution is -2.34. The first-order valence-electron chi connectivity index (χ1n) is 9.10. The van der Waals surface area contributed by atoms with Crippen LogP contribution in [0.3, 0.4) is 0 Å². The maximum absolute atomic E-state index is 12.8. The lowest BCUT2D eigenvalue weighted by Gasteiger charge is -2.18. The number of amides is 2. The summed E-state index contributed by atoms with van der Waals surface area (Å²) in [5.41, 5.74) is 1.55. The Kier molecular flexibility index (Phi) is 5.43. The zero-order valence-electron chi connectivity index (χ0n) is 15.5. The second-order valence-corrected chi connectivity index (χ2v) is 7.43. The van der Waals surface area contributed by atoms with Crippen molar-refractivity contribution in [2.24, 2.45) is 0 Å². The van der Waals surface area contributed by atoms with Crippen molar-refractivity contribution in [3.8, 4) is 0 Å². The van der Waals surface area contributed by atoms with E-state index in [4.69, 9.17) is 0 Å². The molecule has 0 aliphatic carbocycles. The van der Waals surface area contributed by atoms with Crippen LogP contribution in [0.4, 0.5) is 10.5 Å². The van der Waals surface area contributed by atoms with E-state index in [9.17, 15) is 4.79 Å². The van der Waals surface area contributed by atoms with Crippen LogP contribution in [-0.2, 0) is 0 Å². The van der Waals surface area contributed by atoms with Crippen molar-refractivity contribution in [1.29, 1.82) is 0 Å². The van der Waals surface area contributed by atoms with Crippen molar-refractivity contribution in [3.63, 3.8) is 0 Å². The second-order valence-electron chi connectivity index (χ2n) is 6.45. The zero-order valence-corrected chi connectivity index (χ0v) is 16.3. The van der Waals surface area contributed by atoms with Crippen LogP contribution in [0.2, 0.25) is 0 Å². The molecular formula is C21H21N5OS. The summed E-state index contributed by atoms with van der Waals surface area (Å²) in [6, 6.07) is 19.1. The van der Waals surface area contributed by atoms with E-state index in [0.717, 1.165) is 40.1 Å². The first-order chi connectivity index (χ1) is 13.8. The Morgan fingerprint density at radius 2 is 1.89 bits per heavy atom. The van der Waals surface area contributed by atoms with Crippen LogP contribution in [0.15, 0.2) is 66.9 Å². The van der Waals surface area contributed by atoms with Gasteiger partial charge in [0, 0.05) is 11.6 Å². The molecule has 2 N–H and O–H groups in total. The van der Waals surface area contributed by atoms with Gasteiger partial charge >= 0.3 is 6.03 Å². The molecule has 2 aromatic heterocycles. The number of pyridine rings is 1. The number of aromatic nitrogens is 3. The smallest absolute Gasteiger partial charge is 0.319 e. The summed E-state index contributed by atoms with van der Waals surface area (Å²) in [6.07, 6.45) is 4.73. The van der Waals surface area contributed by atoms with E-state index in [1.54, 1.807) is 11.8 Å². The molecule has 2 aromatic carbocycles. The van der Waals surface area contributed by atoms with Crippen LogP contribution in [-0.4, -0.2) is 32.6 Å². The minimum absolute atomic E-state index is 0.236. The number of hydrogen-bond donors (Lipinski definition) is 2. The van der Waals surface area contributed by atoms with Gasteiger partial charge in [-0.25, -0.2) is 4.79 Å². The highest BCUT2D eigenvalue weighted by Crippen LogP contribution is 2.23. The van der Waals surface area contributed by atoms with Crippen LogP contribution >= 0.6 is 11.8 Å². The first-order valence-corrected chi connectivity index (χ1v) is 10.5. The number of urea groups is 1. The molecule has 0 aliphatic rings. The van der Waals surface area contributed by atoms with Crippen molar-refractivity contribution in [2.75, 3.05) is 17.3 Å². The molecule has 1 atom stereocenters. The number of fused-ring (bicyclic) bond motifs is 2. The van der Waals surface area contributed by atoms with Crippen LogP contribution in [0, 0.1) is 0 Å². The average Bonchev–Trinajstić information content (AvgIpc) is 3.15. The highest BCUT2D eigenvalue weighted by atomic mass is 32.2. The number of nitrogens with one attached hydrogen (secondary N) is 2. The maximum Gasteiger partial charge on any atom is 0.319 e. The monoisotopic (exact) mass is 391 g/mol. The number of carbonyl (C=O) groups is 1. The Bertz CT molecular complexity index is 1100. The van der Waals surface area contributed by atoms with Crippen LogP contribution in [0.5, 0.6) is 0 Å². The van der Waals surface area contributed by atoms with E-state index in [0.29, 0.717) is 0 Å². The molecule has 0 radical (unpaired) electrons. The Balaban J connectivity index is 1.57. The van der Waals surface area contributed by atoms with Gasteiger partial charge in [0.1, 0.15) is 0 Å². The largest absolute Gasteiger partial charge is 0.328 e. The van der Waals surface area contributed by atoms with Gasteiger partial charge in [0.25, 0.3) is 0 Å². The summed E-state index contributed by atoms with van der Waals surface area (Å²) in [6.45, 7) is 0. The van der Waals surface area contributed by atoms with Crippen LogP contribution < -0.4 is 10.6 Å². The van der Waals surface area contributed by atoms with Crippen LogP contribution in [0.25, 0.3) is 16.4 Å². The van der Waals surface area contributed by atoms with E-state index in [-0.39, 0.29) is 12.1 Å². The molecule has 0 fully saturated rings. The highest BCUT2D eigenvalue weighted by Gasteiger charge is 2.20. The van der Waals surface area contributed by atoms with E-state index in [2.05, 4.69) is 27.1 Å². The summed E-state index contributed by atoms with van der Waals surface area (Å²) in [7, 11) is 0. The molecule has 0 unspecified atom stereocenters. The fourth-order valence-electron chi connectivity index (χ4n) is 3.25. The molecule has 7 heteroatoms. The molecule has 4 rings (SSSR count). The van der Waals surface area contributed by atoms with Gasteiger partial charge in [0.05, 0.1) is 11.7 Å². The zero-order chi connectivity index (χ0) is 19.3. The third-order valence-corrected chi connectivity index (χ3v) is 5.25. The number of thioether (sulfide) groups is 1. The van der Waals surface area contributed by atoms with Gasteiger partial charge in [0.2, 0.25) is 0 Å². The molecule has 0 saturated heterocycles. The number of hydrogen-bond acceptors (Lipinski definition) is 4. The summed E-state index contributed by atoms with van der Waals surface area (Å²) >= 11 is 1.74. The Labute approximate surface area is 167 Å². The summed E-state index contributed by atoms with van der Waals surface area (Å²) in [5, 5.41) is 16.7. The lowest BCUT2D eigenvalue weighted by atomic mass is 10.1. The SMILES string of the molecule is CSCC[C@@H](NC(=O)Nc1cccc2ccccc12)c1nnc2ccccn12. The molecule has 4 aromatic rings. The van der Waals surface area contributed by atoms with E-state index in [1.165, 1.54) is 0 Å². The minimum atomic E-state index is -0.255. The number of anilines is 1. The Hall–Kier alpha value is -3.06. The van der Waals surface area contributed by atoms with Crippen molar-refractivity contribution in [1.82, 2.24) is 19.9 Å². The summed E-state index contributed by atoms with van der Waals surface area (Å²) < 4.78 is 1.92. The molecule has 0 aliphatic heterocycles. The number of benzene rings is 2. The third kappa shape index (κ3) is 3.80. The second kappa shape index (κ2) is 8.31. The summed E-state index contributed by atoms with van der Waals surface area (Å²) in [5.74, 6) is 1.64. The highest BCUT2D eigenvalue weighted by molar-refractivity contribution is 7.98. The Morgan fingerprint density at radius 1 is 1.07 bits per heavy atom. The van der Waals surface area contributed by atoms with E-state index in [1.807, 2.05) is 71.3 Å². The van der Waals surface area contributed by atoms with Crippen LogP contribution in [0.1, 0.15) is 18.3 Å². The molecule has 142 valence electrons. The first kappa shape index (κ1) is 18.3. The lowest BCUT2D eigenvalue weighted by molar-refractivity contribution is 0.247. The van der Waals surface area contributed by atoms with Gasteiger partial charge in [-0.15, -0.1) is 10.2 Å². The predicted molar refractivity (Wildman–Crippen MR) is 115 cm³/mol. The molecule has 0 spiro atoms. The fourth-order valence-corrected chi connectivity index (χ4v) is 3.72. The number of nitrogens with zero attached hydrogens (tertiary/aromatic N) is 3. The fraction of sp³-hybridized carbons (Fsp3) is 0.190. The third-order valence-electron chi connectivity index (χ3n) is 4.61. The van der Waals surface area contributed by atoms with Crippen molar-refractivity contribution < 1.29 is 4.79 Å². The molecule has 28 heavy (non-hydrogen) atoms. The normalized spacial score (nSPS) is 12.2. The van der Waals surface area contributed by atoms with E-state index < -0.39 is 0 Å². The predicted octanol–water partition coefficient (Wildman–Crippen LogP) is 4.50. The topological polar surface area (TPSA) is 71.3 Å². The van der Waals surface area contributed by atoms with Crippen molar-refractivity contribution >= 4 is 39.9 Å². The van der Waals surface area contributed by atoms with Crippen molar-refractivity contribution in [2.45, 2.75) is 12.5 Å². The molecule has 0 bridgehead atoms. The average molecular weight is 392 g/mol. The van der Waals surface area contributed by atoms with Gasteiger partial charge in [-0.1, -0.05) is 42.5 Å². The van der Waals surface area contributed by atoms with Crippen molar-refractivity contribution in [3.05, 3.63) is 72.7 Å². The molecule has 2 heterocycles. The van der Waals surface area contributed by atoms with Gasteiger partial charge in [-0.05, 0) is 42.0 Å². The number of carbonyl (C=O) groups excluding carboxylic acids is 1. The van der Waals surface area contributed by atoms with Gasteiger partial charge < -0.3 is 10.6 Å². The molecule has 6 nitrogen and oxygen atoms in total. The molecule has 0 saturated carbocycles. The Morgan fingerprint density at radius 3 is 2.79 bits per heavy atom. The van der Waals surface area contributed by atoms with Gasteiger partial charge in [-0.3, -0.25) is 4.40 Å². The molecule has 2 amide bonds. The van der Waals surface area contributed by atoms with E-state index >= 15 is 0 Å². The van der Waals surface area contributed by atoms with Gasteiger partial charge in [-0.2, -0.15) is 11.8 Å². The minimum Gasteiger partial charge on any atom is -0.328 e. The summed E-state index contributed by atoms with van der Waals surface area (Å²) in [4.78, 5) is 12.8. The standard InChI is InChI=1S/C21H21N5OS/c1-28-14-12-18(20-25-24-19-11-4-5-13-26(19)20)23-21(27)22-17-10-6-8-15-7-2-3-9-16(15)17/h2-11,13,18H,12,14H2,1H3,(H2,22,23,27)/t18-/m1/s1. The number of rotatable bonds is 6. The molecular weight excluding hydrogens is 370 g/mol. The maximum atomic E-state index is 12.8. The quantitative estimate of drug-likeness (QED) is 0.508.